The van der Waals surface area contributed by atoms with Crippen molar-refractivity contribution in [1.82, 2.24) is 14.8 Å². The van der Waals surface area contributed by atoms with E-state index >= 15 is 0 Å². The fourth-order valence-electron chi connectivity index (χ4n) is 2.22. The van der Waals surface area contributed by atoms with Gasteiger partial charge < -0.3 is 10.5 Å². The third-order valence-electron chi connectivity index (χ3n) is 3.31. The smallest absolute Gasteiger partial charge is 0.217 e. The van der Waals surface area contributed by atoms with E-state index in [1.54, 1.807) is 13.3 Å². The van der Waals surface area contributed by atoms with Crippen LogP contribution in [0.2, 0.25) is 0 Å². The van der Waals surface area contributed by atoms with Crippen LogP contribution in [-0.2, 0) is 19.9 Å². The number of aryl methyl sites for hydroxylation is 2. The Labute approximate surface area is 127 Å². The fourth-order valence-corrected chi connectivity index (χ4v) is 2.99. The Bertz CT molecular complexity index is 597. The van der Waals surface area contributed by atoms with E-state index in [0.29, 0.717) is 12.3 Å². The predicted molar refractivity (Wildman–Crippen MR) is 81.7 cm³/mol. The first-order chi connectivity index (χ1) is 9.58. The molecule has 2 N–H and O–H groups in total. The van der Waals surface area contributed by atoms with Gasteiger partial charge in [0.1, 0.15) is 0 Å². The third-order valence-corrected chi connectivity index (χ3v) is 4.23. The molecule has 2 aromatic heterocycles. The number of rotatable bonds is 5. The maximum atomic E-state index is 6.31. The van der Waals surface area contributed by atoms with Crippen molar-refractivity contribution >= 4 is 15.9 Å². The summed E-state index contributed by atoms with van der Waals surface area (Å²) in [5.41, 5.74) is 9.35. The molecule has 0 aromatic carbocycles. The lowest BCUT2D eigenvalue weighted by Gasteiger charge is -2.15. The quantitative estimate of drug-likeness (QED) is 0.908. The minimum atomic E-state index is -0.185. The van der Waals surface area contributed by atoms with Crippen LogP contribution in [0.15, 0.2) is 22.8 Å². The molecule has 1 atom stereocenters. The van der Waals surface area contributed by atoms with Crippen molar-refractivity contribution in [3.8, 4) is 5.88 Å². The van der Waals surface area contributed by atoms with Crippen molar-refractivity contribution in [3.63, 3.8) is 0 Å². The highest BCUT2D eigenvalue weighted by molar-refractivity contribution is 9.10. The van der Waals surface area contributed by atoms with Gasteiger partial charge in [0.05, 0.1) is 23.0 Å². The molecule has 0 bridgehead atoms. The summed E-state index contributed by atoms with van der Waals surface area (Å²) in [6.45, 7) is 2.08. The first-order valence-corrected chi connectivity index (χ1v) is 7.32. The molecule has 0 aliphatic rings. The molecule has 0 amide bonds. The molecule has 0 saturated heterocycles. The Morgan fingerprint density at radius 2 is 2.25 bits per heavy atom. The standard InChI is InChI=1S/C14H19BrN4O/c1-4-11-13(15)12(19(2)18-11)8-10(16)9-6-5-7-17-14(9)20-3/h5-7,10H,4,8,16H2,1-3H3. The Kier molecular flexibility index (Phi) is 4.77. The number of nitrogens with two attached hydrogens (primary N) is 1. The lowest BCUT2D eigenvalue weighted by atomic mass is 10.0. The summed E-state index contributed by atoms with van der Waals surface area (Å²) in [5, 5.41) is 4.49. The summed E-state index contributed by atoms with van der Waals surface area (Å²) in [5.74, 6) is 0.578. The summed E-state index contributed by atoms with van der Waals surface area (Å²) in [6.07, 6.45) is 3.26. The minimum Gasteiger partial charge on any atom is -0.481 e. The predicted octanol–water partition coefficient (Wildman–Crippen LogP) is 2.39. The van der Waals surface area contributed by atoms with Gasteiger partial charge in [-0.3, -0.25) is 4.68 Å². The largest absolute Gasteiger partial charge is 0.481 e. The van der Waals surface area contributed by atoms with Gasteiger partial charge in [0.15, 0.2) is 0 Å². The SMILES string of the molecule is CCc1nn(C)c(CC(N)c2cccnc2OC)c1Br. The van der Waals surface area contributed by atoms with Crippen molar-refractivity contribution in [3.05, 3.63) is 39.8 Å². The second-order valence-corrected chi connectivity index (χ2v) is 5.39. The summed E-state index contributed by atoms with van der Waals surface area (Å²) >= 11 is 3.61. The Balaban J connectivity index is 2.28. The zero-order valence-corrected chi connectivity index (χ0v) is 13.5. The van der Waals surface area contributed by atoms with Crippen LogP contribution >= 0.6 is 15.9 Å². The van der Waals surface area contributed by atoms with E-state index in [1.165, 1.54) is 0 Å². The molecular formula is C14H19BrN4O. The van der Waals surface area contributed by atoms with Crippen LogP contribution in [0.3, 0.4) is 0 Å². The van der Waals surface area contributed by atoms with Crippen LogP contribution < -0.4 is 10.5 Å². The number of pyridine rings is 1. The van der Waals surface area contributed by atoms with E-state index in [9.17, 15) is 0 Å². The summed E-state index contributed by atoms with van der Waals surface area (Å²) in [4.78, 5) is 4.19. The highest BCUT2D eigenvalue weighted by Crippen LogP contribution is 2.28. The van der Waals surface area contributed by atoms with Gasteiger partial charge in [0, 0.05) is 31.3 Å². The number of ether oxygens (including phenoxy) is 1. The van der Waals surface area contributed by atoms with E-state index in [-0.39, 0.29) is 6.04 Å². The van der Waals surface area contributed by atoms with Gasteiger partial charge in [0.2, 0.25) is 5.88 Å². The van der Waals surface area contributed by atoms with Crippen molar-refractivity contribution in [1.29, 1.82) is 0 Å². The van der Waals surface area contributed by atoms with Gasteiger partial charge in [-0.1, -0.05) is 13.0 Å². The molecule has 0 spiro atoms. The Hall–Kier alpha value is -1.40. The normalized spacial score (nSPS) is 12.4. The van der Waals surface area contributed by atoms with Gasteiger partial charge >= 0.3 is 0 Å². The lowest BCUT2D eigenvalue weighted by molar-refractivity contribution is 0.388. The second kappa shape index (κ2) is 6.37. The lowest BCUT2D eigenvalue weighted by Crippen LogP contribution is -2.17. The molecule has 0 aliphatic carbocycles. The molecule has 2 aromatic rings. The fraction of sp³-hybridized carbons (Fsp3) is 0.429. The number of methoxy groups -OCH3 is 1. The van der Waals surface area contributed by atoms with E-state index in [4.69, 9.17) is 10.5 Å². The Morgan fingerprint density at radius 1 is 1.50 bits per heavy atom. The molecule has 0 radical (unpaired) electrons. The van der Waals surface area contributed by atoms with Gasteiger partial charge in [-0.05, 0) is 28.4 Å². The molecule has 2 rings (SSSR count). The zero-order chi connectivity index (χ0) is 14.7. The number of halogens is 1. The molecule has 0 fully saturated rings. The zero-order valence-electron chi connectivity index (χ0n) is 11.9. The third kappa shape index (κ3) is 2.86. The average molecular weight is 339 g/mol. The van der Waals surface area contributed by atoms with Crippen molar-refractivity contribution < 1.29 is 4.74 Å². The van der Waals surface area contributed by atoms with Crippen LogP contribution in [0.5, 0.6) is 5.88 Å². The van der Waals surface area contributed by atoms with Gasteiger partial charge in [0.25, 0.3) is 0 Å². The van der Waals surface area contributed by atoms with Crippen LogP contribution in [0.1, 0.15) is 29.9 Å². The van der Waals surface area contributed by atoms with E-state index in [1.807, 2.05) is 23.9 Å². The van der Waals surface area contributed by atoms with E-state index in [2.05, 4.69) is 32.9 Å². The van der Waals surface area contributed by atoms with Crippen LogP contribution in [-0.4, -0.2) is 21.9 Å². The number of hydrogen-bond acceptors (Lipinski definition) is 4. The van der Waals surface area contributed by atoms with Gasteiger partial charge in [-0.2, -0.15) is 5.10 Å². The summed E-state index contributed by atoms with van der Waals surface area (Å²) < 4.78 is 8.19. The van der Waals surface area contributed by atoms with E-state index < -0.39 is 0 Å². The maximum absolute atomic E-state index is 6.31. The van der Waals surface area contributed by atoms with Crippen molar-refractivity contribution in [2.75, 3.05) is 7.11 Å². The second-order valence-electron chi connectivity index (χ2n) is 4.60. The Morgan fingerprint density at radius 3 is 2.85 bits per heavy atom. The van der Waals surface area contributed by atoms with Crippen LogP contribution in [0, 0.1) is 0 Å². The van der Waals surface area contributed by atoms with Crippen LogP contribution in [0.4, 0.5) is 0 Å². The summed E-state index contributed by atoms with van der Waals surface area (Å²) in [7, 11) is 3.54. The molecule has 6 heteroatoms. The molecule has 2 heterocycles. The molecule has 5 nitrogen and oxygen atoms in total. The first-order valence-electron chi connectivity index (χ1n) is 6.53. The van der Waals surface area contributed by atoms with Crippen LogP contribution in [0.25, 0.3) is 0 Å². The first kappa shape index (κ1) is 15.0. The minimum absolute atomic E-state index is 0.185. The highest BCUT2D eigenvalue weighted by Gasteiger charge is 2.19. The van der Waals surface area contributed by atoms with Gasteiger partial charge in [-0.15, -0.1) is 0 Å². The topological polar surface area (TPSA) is 66.0 Å². The number of nitrogens with zero attached hydrogens (tertiary/aromatic N) is 3. The highest BCUT2D eigenvalue weighted by atomic mass is 79.9. The van der Waals surface area contributed by atoms with E-state index in [0.717, 1.165) is 27.8 Å². The number of hydrogen-bond donors (Lipinski definition) is 1. The van der Waals surface area contributed by atoms with Crippen molar-refractivity contribution in [2.24, 2.45) is 12.8 Å². The molecule has 20 heavy (non-hydrogen) atoms. The van der Waals surface area contributed by atoms with Gasteiger partial charge in [-0.25, -0.2) is 4.98 Å². The molecule has 108 valence electrons. The monoisotopic (exact) mass is 338 g/mol. The maximum Gasteiger partial charge on any atom is 0.217 e. The number of aromatic nitrogens is 3. The molecule has 0 aliphatic heterocycles. The molecular weight excluding hydrogens is 320 g/mol. The summed E-state index contributed by atoms with van der Waals surface area (Å²) in [6, 6.07) is 3.63. The molecule has 0 saturated carbocycles. The molecule has 1 unspecified atom stereocenters. The average Bonchev–Trinajstić information content (AvgIpc) is 2.74. The van der Waals surface area contributed by atoms with Crippen molar-refractivity contribution in [2.45, 2.75) is 25.8 Å².